The summed E-state index contributed by atoms with van der Waals surface area (Å²) in [7, 11) is 0. The second kappa shape index (κ2) is 6.52. The van der Waals surface area contributed by atoms with Crippen LogP contribution in [0, 0.1) is 0 Å². The van der Waals surface area contributed by atoms with E-state index in [2.05, 4.69) is 36.5 Å². The Morgan fingerprint density at radius 3 is 2.71 bits per heavy atom. The maximum absolute atomic E-state index is 5.34. The summed E-state index contributed by atoms with van der Waals surface area (Å²) in [6.07, 6.45) is 1.71. The standard InChI is InChI=1S/C14H17NOS/c1-12(14-8-5-10-16-14)15-9-11-17-13-6-3-2-4-7-13/h2-8,10,12,15H,9,11H2,1H3. The van der Waals surface area contributed by atoms with E-state index in [0.717, 1.165) is 18.1 Å². The Hall–Kier alpha value is -1.19. The molecule has 2 aromatic rings. The monoisotopic (exact) mass is 247 g/mol. The first-order chi connectivity index (χ1) is 8.36. The maximum Gasteiger partial charge on any atom is 0.120 e. The van der Waals surface area contributed by atoms with Crippen LogP contribution < -0.4 is 5.32 Å². The minimum absolute atomic E-state index is 0.279. The number of hydrogen-bond donors (Lipinski definition) is 1. The van der Waals surface area contributed by atoms with Crippen molar-refractivity contribution in [1.29, 1.82) is 0 Å². The van der Waals surface area contributed by atoms with Gasteiger partial charge in [-0.1, -0.05) is 18.2 Å². The zero-order valence-corrected chi connectivity index (χ0v) is 10.7. The molecule has 1 N–H and O–H groups in total. The number of benzene rings is 1. The summed E-state index contributed by atoms with van der Waals surface area (Å²) in [5.41, 5.74) is 0. The van der Waals surface area contributed by atoms with Crippen molar-refractivity contribution in [3.63, 3.8) is 0 Å². The van der Waals surface area contributed by atoms with Crippen molar-refractivity contribution < 1.29 is 4.42 Å². The highest BCUT2D eigenvalue weighted by Crippen LogP contribution is 2.17. The number of thioether (sulfide) groups is 1. The van der Waals surface area contributed by atoms with Crippen LogP contribution in [0.4, 0.5) is 0 Å². The number of furan rings is 1. The third-order valence-corrected chi connectivity index (χ3v) is 3.55. The van der Waals surface area contributed by atoms with Crippen LogP contribution in [0.15, 0.2) is 58.0 Å². The lowest BCUT2D eigenvalue weighted by Crippen LogP contribution is -2.20. The molecule has 0 saturated carbocycles. The van der Waals surface area contributed by atoms with E-state index in [1.54, 1.807) is 6.26 Å². The average Bonchev–Trinajstić information content (AvgIpc) is 2.89. The van der Waals surface area contributed by atoms with E-state index in [9.17, 15) is 0 Å². The van der Waals surface area contributed by atoms with Gasteiger partial charge < -0.3 is 9.73 Å². The van der Waals surface area contributed by atoms with Crippen molar-refractivity contribution in [2.75, 3.05) is 12.3 Å². The van der Waals surface area contributed by atoms with Gasteiger partial charge in [-0.05, 0) is 31.2 Å². The van der Waals surface area contributed by atoms with Crippen molar-refractivity contribution in [3.05, 3.63) is 54.5 Å². The molecule has 0 radical (unpaired) electrons. The van der Waals surface area contributed by atoms with Gasteiger partial charge in [0, 0.05) is 17.2 Å². The second-order valence-corrected chi connectivity index (χ2v) is 5.02. The van der Waals surface area contributed by atoms with Crippen LogP contribution in [-0.4, -0.2) is 12.3 Å². The third-order valence-electron chi connectivity index (χ3n) is 2.53. The van der Waals surface area contributed by atoms with Crippen molar-refractivity contribution in [1.82, 2.24) is 5.32 Å². The normalized spacial score (nSPS) is 12.5. The van der Waals surface area contributed by atoms with Gasteiger partial charge in [-0.3, -0.25) is 0 Å². The van der Waals surface area contributed by atoms with Crippen LogP contribution in [0.2, 0.25) is 0 Å². The fourth-order valence-electron chi connectivity index (χ4n) is 1.60. The highest BCUT2D eigenvalue weighted by Gasteiger charge is 2.06. The van der Waals surface area contributed by atoms with Gasteiger partial charge in [-0.15, -0.1) is 11.8 Å². The Bertz CT molecular complexity index is 413. The van der Waals surface area contributed by atoms with E-state index in [1.165, 1.54) is 4.90 Å². The molecule has 0 aliphatic heterocycles. The van der Waals surface area contributed by atoms with Crippen LogP contribution in [0.1, 0.15) is 18.7 Å². The predicted molar refractivity (Wildman–Crippen MR) is 72.3 cm³/mol. The van der Waals surface area contributed by atoms with E-state index in [1.807, 2.05) is 30.0 Å². The van der Waals surface area contributed by atoms with Crippen LogP contribution >= 0.6 is 11.8 Å². The molecule has 0 saturated heterocycles. The molecule has 0 fully saturated rings. The summed E-state index contributed by atoms with van der Waals surface area (Å²) >= 11 is 1.87. The SMILES string of the molecule is CC(NCCSc1ccccc1)c1ccco1. The zero-order valence-electron chi connectivity index (χ0n) is 9.93. The van der Waals surface area contributed by atoms with E-state index < -0.39 is 0 Å². The summed E-state index contributed by atoms with van der Waals surface area (Å²) in [6, 6.07) is 14.7. The molecule has 1 aromatic heterocycles. The first kappa shape index (κ1) is 12.3. The Balaban J connectivity index is 1.67. The van der Waals surface area contributed by atoms with Gasteiger partial charge >= 0.3 is 0 Å². The van der Waals surface area contributed by atoms with Gasteiger partial charge in [0.15, 0.2) is 0 Å². The van der Waals surface area contributed by atoms with Crippen molar-refractivity contribution in [2.45, 2.75) is 17.9 Å². The zero-order chi connectivity index (χ0) is 11.9. The van der Waals surface area contributed by atoms with Crippen LogP contribution in [0.5, 0.6) is 0 Å². The van der Waals surface area contributed by atoms with Crippen LogP contribution in [-0.2, 0) is 0 Å². The Morgan fingerprint density at radius 2 is 2.00 bits per heavy atom. The van der Waals surface area contributed by atoms with Crippen molar-refractivity contribution >= 4 is 11.8 Å². The maximum atomic E-state index is 5.34. The first-order valence-corrected chi connectivity index (χ1v) is 6.79. The Labute approximate surface area is 106 Å². The molecule has 0 amide bonds. The van der Waals surface area contributed by atoms with Crippen molar-refractivity contribution in [2.24, 2.45) is 0 Å². The molecule has 2 rings (SSSR count). The quantitative estimate of drug-likeness (QED) is 0.622. The first-order valence-electron chi connectivity index (χ1n) is 5.81. The molecule has 90 valence electrons. The molecule has 3 heteroatoms. The van der Waals surface area contributed by atoms with E-state index in [0.29, 0.717) is 0 Å². The fraction of sp³-hybridized carbons (Fsp3) is 0.286. The van der Waals surface area contributed by atoms with E-state index in [4.69, 9.17) is 4.42 Å². The molecule has 1 aromatic carbocycles. The molecule has 0 aliphatic carbocycles. The Morgan fingerprint density at radius 1 is 1.18 bits per heavy atom. The molecule has 0 aliphatic rings. The van der Waals surface area contributed by atoms with Gasteiger partial charge in [0.05, 0.1) is 12.3 Å². The summed E-state index contributed by atoms with van der Waals surface area (Å²) < 4.78 is 5.34. The summed E-state index contributed by atoms with van der Waals surface area (Å²) in [4.78, 5) is 1.32. The highest BCUT2D eigenvalue weighted by atomic mass is 32.2. The average molecular weight is 247 g/mol. The minimum Gasteiger partial charge on any atom is -0.468 e. The highest BCUT2D eigenvalue weighted by molar-refractivity contribution is 7.99. The lowest BCUT2D eigenvalue weighted by atomic mass is 10.2. The number of nitrogens with one attached hydrogen (secondary N) is 1. The molecule has 1 heterocycles. The molecule has 2 nitrogen and oxygen atoms in total. The molecule has 17 heavy (non-hydrogen) atoms. The summed E-state index contributed by atoms with van der Waals surface area (Å²) in [6.45, 7) is 3.09. The third kappa shape index (κ3) is 3.95. The largest absolute Gasteiger partial charge is 0.468 e. The fourth-order valence-corrected chi connectivity index (χ4v) is 2.40. The smallest absolute Gasteiger partial charge is 0.120 e. The summed E-state index contributed by atoms with van der Waals surface area (Å²) in [5.74, 6) is 2.06. The van der Waals surface area contributed by atoms with Gasteiger partial charge in [0.2, 0.25) is 0 Å². The molecular formula is C14H17NOS. The van der Waals surface area contributed by atoms with Gasteiger partial charge in [-0.25, -0.2) is 0 Å². The van der Waals surface area contributed by atoms with Crippen LogP contribution in [0.3, 0.4) is 0 Å². The van der Waals surface area contributed by atoms with Gasteiger partial charge in [0.25, 0.3) is 0 Å². The molecule has 0 bridgehead atoms. The number of hydrogen-bond acceptors (Lipinski definition) is 3. The topological polar surface area (TPSA) is 25.2 Å². The van der Waals surface area contributed by atoms with E-state index >= 15 is 0 Å². The molecule has 1 atom stereocenters. The minimum atomic E-state index is 0.279. The predicted octanol–water partition coefficient (Wildman–Crippen LogP) is 3.72. The molecule has 1 unspecified atom stereocenters. The summed E-state index contributed by atoms with van der Waals surface area (Å²) in [5, 5.41) is 3.44. The lowest BCUT2D eigenvalue weighted by Gasteiger charge is -2.10. The molecule has 0 spiro atoms. The van der Waals surface area contributed by atoms with Crippen LogP contribution in [0.25, 0.3) is 0 Å². The Kier molecular flexibility index (Phi) is 4.71. The van der Waals surface area contributed by atoms with Gasteiger partial charge in [0.1, 0.15) is 5.76 Å². The lowest BCUT2D eigenvalue weighted by molar-refractivity contribution is 0.438. The number of rotatable bonds is 6. The van der Waals surface area contributed by atoms with Crippen molar-refractivity contribution in [3.8, 4) is 0 Å². The molecular weight excluding hydrogens is 230 g/mol. The van der Waals surface area contributed by atoms with Gasteiger partial charge in [-0.2, -0.15) is 0 Å². The second-order valence-electron chi connectivity index (χ2n) is 3.85. The van der Waals surface area contributed by atoms with E-state index in [-0.39, 0.29) is 6.04 Å².